The molecule has 1 saturated heterocycles. The molecule has 2 aromatic rings. The number of carbonyl (C=O) groups is 1. The second-order valence-electron chi connectivity index (χ2n) is 12.6. The molecule has 0 spiro atoms. The first kappa shape index (κ1) is 39.8. The van der Waals surface area contributed by atoms with E-state index < -0.39 is 55.6 Å². The van der Waals surface area contributed by atoms with E-state index in [4.69, 9.17) is 14.2 Å². The Kier molecular flexibility index (Phi) is 17.7. The Balaban J connectivity index is 1.28. The van der Waals surface area contributed by atoms with Crippen LogP contribution in [-0.4, -0.2) is 98.7 Å². The number of aryl methyl sites for hydroxylation is 1. The standard InChI is InChI=1S/C36H54FNO10/c1-2-11-29(40)32(42)28(23-46-36-35(45)34(44)33(43)30(22-39)48-36)38-31(41)13-10-8-6-4-3-5-7-9-12-24-14-18-26(19-15-24)47-27-20-16-25(37)17-21-27/h14-21,28-30,32-36,39-40,42-45H,2-13,22-23H2,1H3,(H,38,41)/t28-,29-,30?,32-,33-,34?,35?,36-/m0/s1. The van der Waals surface area contributed by atoms with Crippen molar-refractivity contribution >= 4 is 5.91 Å². The molecule has 3 rings (SSSR count). The van der Waals surface area contributed by atoms with Gasteiger partial charge in [-0.3, -0.25) is 4.79 Å². The molecule has 0 saturated carbocycles. The maximum atomic E-state index is 13.1. The summed E-state index contributed by atoms with van der Waals surface area (Å²) in [6, 6.07) is 12.9. The van der Waals surface area contributed by atoms with Crippen molar-refractivity contribution in [1.82, 2.24) is 5.32 Å². The molecule has 1 fully saturated rings. The lowest BCUT2D eigenvalue weighted by Gasteiger charge is -2.40. The molecule has 11 nitrogen and oxygen atoms in total. The first-order valence-corrected chi connectivity index (χ1v) is 17.2. The van der Waals surface area contributed by atoms with E-state index in [1.54, 1.807) is 12.1 Å². The first-order chi connectivity index (χ1) is 23.1. The van der Waals surface area contributed by atoms with Gasteiger partial charge in [-0.25, -0.2) is 4.39 Å². The van der Waals surface area contributed by atoms with Gasteiger partial charge in [-0.15, -0.1) is 0 Å². The van der Waals surface area contributed by atoms with Gasteiger partial charge in [0.15, 0.2) is 6.29 Å². The molecule has 1 heterocycles. The molecule has 1 amide bonds. The fourth-order valence-corrected chi connectivity index (χ4v) is 5.68. The average molecular weight is 680 g/mol. The van der Waals surface area contributed by atoms with Crippen LogP contribution in [0.4, 0.5) is 4.39 Å². The number of aliphatic hydroxyl groups is 6. The van der Waals surface area contributed by atoms with Crippen LogP contribution in [0.25, 0.3) is 0 Å². The van der Waals surface area contributed by atoms with E-state index in [2.05, 4.69) is 17.4 Å². The highest BCUT2D eigenvalue weighted by Gasteiger charge is 2.44. The Labute approximate surface area is 282 Å². The van der Waals surface area contributed by atoms with E-state index in [0.29, 0.717) is 30.8 Å². The number of hydrogen-bond donors (Lipinski definition) is 7. The highest BCUT2D eigenvalue weighted by molar-refractivity contribution is 5.76. The quantitative estimate of drug-likeness (QED) is 0.0912. The maximum Gasteiger partial charge on any atom is 0.220 e. The number of nitrogens with one attached hydrogen (secondary N) is 1. The normalized spacial score (nSPS) is 23.0. The molecule has 1 aliphatic heterocycles. The van der Waals surface area contributed by atoms with Crippen LogP contribution in [0.2, 0.25) is 0 Å². The summed E-state index contributed by atoms with van der Waals surface area (Å²) in [5.74, 6) is 0.703. The van der Waals surface area contributed by atoms with E-state index in [1.165, 1.54) is 17.7 Å². The highest BCUT2D eigenvalue weighted by atomic mass is 19.1. The molecule has 2 aromatic carbocycles. The van der Waals surface area contributed by atoms with E-state index in [9.17, 15) is 39.8 Å². The summed E-state index contributed by atoms with van der Waals surface area (Å²) < 4.78 is 29.7. The number of hydrogen-bond acceptors (Lipinski definition) is 10. The van der Waals surface area contributed by atoms with Crippen LogP contribution in [0.1, 0.15) is 83.1 Å². The minimum atomic E-state index is -1.62. The Morgan fingerprint density at radius 3 is 2.04 bits per heavy atom. The van der Waals surface area contributed by atoms with Gasteiger partial charge in [-0.05, 0) is 67.6 Å². The molecule has 48 heavy (non-hydrogen) atoms. The van der Waals surface area contributed by atoms with Gasteiger partial charge in [-0.2, -0.15) is 0 Å². The van der Waals surface area contributed by atoms with Crippen LogP contribution in [0, 0.1) is 5.82 Å². The first-order valence-electron chi connectivity index (χ1n) is 17.2. The number of benzene rings is 2. The molecule has 3 unspecified atom stereocenters. The minimum absolute atomic E-state index is 0.237. The van der Waals surface area contributed by atoms with Gasteiger partial charge in [0.05, 0.1) is 25.4 Å². The van der Waals surface area contributed by atoms with Gasteiger partial charge in [0, 0.05) is 6.42 Å². The van der Waals surface area contributed by atoms with E-state index in [-0.39, 0.29) is 24.8 Å². The number of aliphatic hydroxyl groups excluding tert-OH is 6. The van der Waals surface area contributed by atoms with Gasteiger partial charge < -0.3 is 50.2 Å². The lowest BCUT2D eigenvalue weighted by Crippen LogP contribution is -2.60. The molecule has 8 atom stereocenters. The Morgan fingerprint density at radius 2 is 1.44 bits per heavy atom. The zero-order chi connectivity index (χ0) is 34.9. The fourth-order valence-electron chi connectivity index (χ4n) is 5.68. The largest absolute Gasteiger partial charge is 0.457 e. The third kappa shape index (κ3) is 13.3. The summed E-state index contributed by atoms with van der Waals surface area (Å²) in [5.41, 5.74) is 1.25. The monoisotopic (exact) mass is 679 g/mol. The predicted octanol–water partition coefficient (Wildman–Crippen LogP) is 3.49. The van der Waals surface area contributed by atoms with Crippen LogP contribution < -0.4 is 10.1 Å². The molecular weight excluding hydrogens is 625 g/mol. The van der Waals surface area contributed by atoms with Crippen molar-refractivity contribution in [3.63, 3.8) is 0 Å². The Bertz CT molecular complexity index is 1170. The Hall–Kier alpha value is -2.68. The summed E-state index contributed by atoms with van der Waals surface area (Å²) in [6.07, 6.45) is 0.443. The molecule has 0 radical (unpaired) electrons. The molecule has 0 aliphatic carbocycles. The van der Waals surface area contributed by atoms with Gasteiger partial charge in [0.2, 0.25) is 5.91 Å². The number of ether oxygens (including phenoxy) is 3. The summed E-state index contributed by atoms with van der Waals surface area (Å²) in [6.45, 7) is 0.897. The smallest absolute Gasteiger partial charge is 0.220 e. The molecule has 12 heteroatoms. The van der Waals surface area contributed by atoms with Crippen LogP contribution >= 0.6 is 0 Å². The fraction of sp³-hybridized carbons (Fsp3) is 0.639. The van der Waals surface area contributed by atoms with Crippen molar-refractivity contribution < 1.29 is 54.0 Å². The molecule has 270 valence electrons. The maximum absolute atomic E-state index is 13.1. The van der Waals surface area contributed by atoms with Crippen molar-refractivity contribution in [3.8, 4) is 11.5 Å². The van der Waals surface area contributed by atoms with Gasteiger partial charge in [0.1, 0.15) is 47.8 Å². The van der Waals surface area contributed by atoms with Crippen LogP contribution in [0.3, 0.4) is 0 Å². The van der Waals surface area contributed by atoms with Crippen LogP contribution in [-0.2, 0) is 20.7 Å². The number of halogens is 1. The summed E-state index contributed by atoms with van der Waals surface area (Å²) in [5, 5.41) is 63.4. The summed E-state index contributed by atoms with van der Waals surface area (Å²) >= 11 is 0. The molecule has 0 bridgehead atoms. The average Bonchev–Trinajstić information content (AvgIpc) is 3.08. The van der Waals surface area contributed by atoms with Crippen molar-refractivity contribution in [3.05, 3.63) is 59.9 Å². The van der Waals surface area contributed by atoms with Gasteiger partial charge in [-0.1, -0.05) is 64.0 Å². The van der Waals surface area contributed by atoms with Crippen molar-refractivity contribution in [2.45, 2.75) is 133 Å². The van der Waals surface area contributed by atoms with Crippen molar-refractivity contribution in [2.24, 2.45) is 0 Å². The second kappa shape index (κ2) is 21.4. The zero-order valence-electron chi connectivity index (χ0n) is 27.8. The SMILES string of the molecule is CCC[C@H](O)[C@@H](O)[C@H](CO[C@H]1OC(CO)[C@H](O)C(O)C1O)NC(=O)CCCCCCCCCCc1ccc(Oc2ccc(F)cc2)cc1. The van der Waals surface area contributed by atoms with Gasteiger partial charge >= 0.3 is 0 Å². The lowest BCUT2D eigenvalue weighted by atomic mass is 9.99. The van der Waals surface area contributed by atoms with E-state index >= 15 is 0 Å². The number of unbranched alkanes of at least 4 members (excludes halogenated alkanes) is 7. The number of amides is 1. The highest BCUT2D eigenvalue weighted by Crippen LogP contribution is 2.24. The summed E-state index contributed by atoms with van der Waals surface area (Å²) in [7, 11) is 0. The second-order valence-corrected chi connectivity index (χ2v) is 12.6. The van der Waals surface area contributed by atoms with Crippen molar-refractivity contribution in [2.75, 3.05) is 13.2 Å². The molecule has 0 aromatic heterocycles. The van der Waals surface area contributed by atoms with Gasteiger partial charge in [0.25, 0.3) is 0 Å². The number of rotatable bonds is 22. The van der Waals surface area contributed by atoms with Crippen LogP contribution in [0.5, 0.6) is 11.5 Å². The lowest BCUT2D eigenvalue weighted by molar-refractivity contribution is -0.303. The number of carbonyl (C=O) groups excluding carboxylic acids is 1. The predicted molar refractivity (Wildman–Crippen MR) is 177 cm³/mol. The topological polar surface area (TPSA) is 178 Å². The third-order valence-corrected chi connectivity index (χ3v) is 8.62. The van der Waals surface area contributed by atoms with Crippen LogP contribution in [0.15, 0.2) is 48.5 Å². The molecular formula is C36H54FNO10. The van der Waals surface area contributed by atoms with E-state index in [1.807, 2.05) is 19.1 Å². The summed E-state index contributed by atoms with van der Waals surface area (Å²) in [4.78, 5) is 12.7. The molecule has 7 N–H and O–H groups in total. The van der Waals surface area contributed by atoms with E-state index in [0.717, 1.165) is 51.4 Å². The van der Waals surface area contributed by atoms with Crippen molar-refractivity contribution in [1.29, 1.82) is 0 Å². The Morgan fingerprint density at radius 1 is 0.854 bits per heavy atom. The molecule has 1 aliphatic rings. The third-order valence-electron chi connectivity index (χ3n) is 8.62. The zero-order valence-corrected chi connectivity index (χ0v) is 27.8. The minimum Gasteiger partial charge on any atom is -0.457 e.